The van der Waals surface area contributed by atoms with Gasteiger partial charge in [-0.3, -0.25) is 9.78 Å². The molecule has 4 aromatic rings. The number of ketones is 1. The van der Waals surface area contributed by atoms with Crippen molar-refractivity contribution < 1.29 is 18.0 Å². The summed E-state index contributed by atoms with van der Waals surface area (Å²) in [6.07, 6.45) is 3.37. The van der Waals surface area contributed by atoms with E-state index in [0.717, 1.165) is 46.5 Å². The summed E-state index contributed by atoms with van der Waals surface area (Å²) >= 11 is 0. The SMILES string of the molecule is Cn1nc(-c2cnc(C3CC3)c(-c3ccc(C(=O)Cc4c(F)cccc4F)cc3)c2)oc1=O. The summed E-state index contributed by atoms with van der Waals surface area (Å²) < 4.78 is 34.1. The lowest BCUT2D eigenvalue weighted by Crippen LogP contribution is -2.09. The minimum Gasteiger partial charge on any atom is -0.388 e. The standard InChI is InChI=1S/C25H19F2N3O3/c1-30-25(32)33-24(29-30)17-11-18(23(28-13-17)16-9-10-16)14-5-7-15(8-6-14)22(31)12-19-20(26)3-2-4-21(19)27/h2-8,11,13,16H,9-10,12H2,1H3. The molecular weight excluding hydrogens is 428 g/mol. The number of halogens is 2. The van der Waals surface area contributed by atoms with Crippen LogP contribution in [-0.2, 0) is 13.5 Å². The summed E-state index contributed by atoms with van der Waals surface area (Å²) in [6.45, 7) is 0. The van der Waals surface area contributed by atoms with Crippen LogP contribution in [0.4, 0.5) is 8.78 Å². The lowest BCUT2D eigenvalue weighted by atomic mass is 9.96. The number of carbonyl (C=O) groups excluding carboxylic acids is 1. The zero-order valence-corrected chi connectivity index (χ0v) is 17.7. The average molecular weight is 447 g/mol. The molecule has 0 N–H and O–H groups in total. The van der Waals surface area contributed by atoms with Crippen molar-refractivity contribution in [3.63, 3.8) is 0 Å². The Morgan fingerprint density at radius 2 is 1.79 bits per heavy atom. The van der Waals surface area contributed by atoms with Gasteiger partial charge in [0.1, 0.15) is 11.6 Å². The topological polar surface area (TPSA) is 78.0 Å². The summed E-state index contributed by atoms with van der Waals surface area (Å²) in [5.41, 5.74) is 3.32. The number of hydrogen-bond donors (Lipinski definition) is 0. The molecule has 0 saturated heterocycles. The Morgan fingerprint density at radius 1 is 1.09 bits per heavy atom. The van der Waals surface area contributed by atoms with Crippen LogP contribution in [0.15, 0.2) is 63.9 Å². The number of nitrogens with zero attached hydrogens (tertiary/aromatic N) is 3. The Kier molecular flexibility index (Phi) is 5.20. The normalized spacial score (nSPS) is 13.3. The third-order valence-electron chi connectivity index (χ3n) is 5.74. The number of pyridine rings is 1. The van der Waals surface area contributed by atoms with Gasteiger partial charge in [0.2, 0.25) is 0 Å². The van der Waals surface area contributed by atoms with Crippen molar-refractivity contribution in [2.24, 2.45) is 7.05 Å². The van der Waals surface area contributed by atoms with Crippen molar-refractivity contribution >= 4 is 5.78 Å². The predicted molar refractivity (Wildman–Crippen MR) is 117 cm³/mol. The molecule has 0 unspecified atom stereocenters. The molecule has 0 aliphatic heterocycles. The van der Waals surface area contributed by atoms with Crippen LogP contribution in [-0.4, -0.2) is 20.5 Å². The van der Waals surface area contributed by atoms with Gasteiger partial charge < -0.3 is 4.42 Å². The molecule has 6 nitrogen and oxygen atoms in total. The van der Waals surface area contributed by atoms with Crippen LogP contribution in [0.5, 0.6) is 0 Å². The van der Waals surface area contributed by atoms with Crippen LogP contribution in [0, 0.1) is 11.6 Å². The Morgan fingerprint density at radius 3 is 2.39 bits per heavy atom. The summed E-state index contributed by atoms with van der Waals surface area (Å²) in [4.78, 5) is 28.9. The monoisotopic (exact) mass is 447 g/mol. The van der Waals surface area contributed by atoms with E-state index in [1.165, 1.54) is 13.1 Å². The fourth-order valence-electron chi connectivity index (χ4n) is 3.77. The molecule has 0 spiro atoms. The van der Waals surface area contributed by atoms with E-state index in [9.17, 15) is 18.4 Å². The molecule has 0 radical (unpaired) electrons. The molecule has 1 aliphatic carbocycles. The number of rotatable bonds is 6. The maximum atomic E-state index is 13.9. The van der Waals surface area contributed by atoms with E-state index >= 15 is 0 Å². The predicted octanol–water partition coefficient (Wildman–Crippen LogP) is 4.68. The minimum absolute atomic E-state index is 0.178. The first kappa shape index (κ1) is 20.9. The summed E-state index contributed by atoms with van der Waals surface area (Å²) in [6, 6.07) is 12.3. The summed E-state index contributed by atoms with van der Waals surface area (Å²) in [7, 11) is 1.51. The zero-order valence-electron chi connectivity index (χ0n) is 17.7. The van der Waals surface area contributed by atoms with Gasteiger partial charge in [0, 0.05) is 42.3 Å². The fraction of sp³-hybridized carbons (Fsp3) is 0.200. The van der Waals surface area contributed by atoms with Crippen molar-refractivity contribution in [3.8, 4) is 22.6 Å². The molecule has 2 aromatic heterocycles. The highest BCUT2D eigenvalue weighted by atomic mass is 19.1. The molecule has 2 aromatic carbocycles. The van der Waals surface area contributed by atoms with Gasteiger partial charge in [-0.05, 0) is 36.6 Å². The third-order valence-corrected chi connectivity index (χ3v) is 5.74. The second-order valence-corrected chi connectivity index (χ2v) is 8.11. The number of benzene rings is 2. The minimum atomic E-state index is -0.738. The van der Waals surface area contributed by atoms with E-state index < -0.39 is 17.4 Å². The highest BCUT2D eigenvalue weighted by Gasteiger charge is 2.28. The lowest BCUT2D eigenvalue weighted by molar-refractivity contribution is 0.0990. The number of aryl methyl sites for hydroxylation is 1. The first-order chi connectivity index (χ1) is 15.9. The number of aromatic nitrogens is 3. The van der Waals surface area contributed by atoms with Crippen LogP contribution >= 0.6 is 0 Å². The number of hydrogen-bond acceptors (Lipinski definition) is 5. The van der Waals surface area contributed by atoms with Gasteiger partial charge in [0.05, 0.1) is 11.3 Å². The van der Waals surface area contributed by atoms with Gasteiger partial charge in [-0.1, -0.05) is 30.3 Å². The van der Waals surface area contributed by atoms with E-state index in [1.807, 2.05) is 6.07 Å². The van der Waals surface area contributed by atoms with Crippen LogP contribution < -0.4 is 5.76 Å². The van der Waals surface area contributed by atoms with E-state index in [1.54, 1.807) is 30.5 Å². The Labute approximate surface area is 187 Å². The second-order valence-electron chi connectivity index (χ2n) is 8.11. The lowest BCUT2D eigenvalue weighted by Gasteiger charge is -2.11. The number of Topliss-reactive ketones (excluding diaryl/α,β-unsaturated/α-hetero) is 1. The molecule has 33 heavy (non-hydrogen) atoms. The molecule has 5 rings (SSSR count). The van der Waals surface area contributed by atoms with Gasteiger partial charge in [0.15, 0.2) is 5.78 Å². The molecule has 1 aliphatic rings. The quantitative estimate of drug-likeness (QED) is 0.401. The molecule has 0 bridgehead atoms. The molecule has 0 atom stereocenters. The maximum absolute atomic E-state index is 13.9. The van der Waals surface area contributed by atoms with E-state index in [4.69, 9.17) is 4.42 Å². The van der Waals surface area contributed by atoms with Crippen molar-refractivity contribution in [2.45, 2.75) is 25.2 Å². The van der Waals surface area contributed by atoms with E-state index in [2.05, 4.69) is 10.1 Å². The Balaban J connectivity index is 1.46. The van der Waals surface area contributed by atoms with Gasteiger partial charge >= 0.3 is 5.76 Å². The second kappa shape index (κ2) is 8.20. The van der Waals surface area contributed by atoms with Gasteiger partial charge in [-0.2, -0.15) is 4.68 Å². The fourth-order valence-corrected chi connectivity index (χ4v) is 3.77. The first-order valence-electron chi connectivity index (χ1n) is 10.5. The molecule has 2 heterocycles. The smallest absolute Gasteiger partial charge is 0.388 e. The van der Waals surface area contributed by atoms with Crippen molar-refractivity contribution in [1.29, 1.82) is 0 Å². The third kappa shape index (κ3) is 4.11. The Hall–Kier alpha value is -3.94. The van der Waals surface area contributed by atoms with Crippen LogP contribution in [0.2, 0.25) is 0 Å². The molecule has 1 fully saturated rings. The first-order valence-corrected chi connectivity index (χ1v) is 10.5. The summed E-state index contributed by atoms with van der Waals surface area (Å²) in [5, 5.41) is 4.09. The van der Waals surface area contributed by atoms with Crippen molar-refractivity contribution in [2.75, 3.05) is 0 Å². The largest absolute Gasteiger partial charge is 0.437 e. The van der Waals surface area contributed by atoms with Crippen molar-refractivity contribution in [1.82, 2.24) is 14.8 Å². The molecule has 166 valence electrons. The summed E-state index contributed by atoms with van der Waals surface area (Å²) in [5.74, 6) is -1.88. The van der Waals surface area contributed by atoms with Crippen LogP contribution in [0.1, 0.15) is 40.4 Å². The van der Waals surface area contributed by atoms with Crippen LogP contribution in [0.3, 0.4) is 0 Å². The highest BCUT2D eigenvalue weighted by molar-refractivity contribution is 5.98. The average Bonchev–Trinajstić information content (AvgIpc) is 3.60. The number of carbonyl (C=O) groups is 1. The molecule has 1 saturated carbocycles. The van der Waals surface area contributed by atoms with Crippen molar-refractivity contribution in [3.05, 3.63) is 93.7 Å². The van der Waals surface area contributed by atoms with Crippen LogP contribution in [0.25, 0.3) is 22.6 Å². The highest BCUT2D eigenvalue weighted by Crippen LogP contribution is 2.44. The molecule has 8 heteroatoms. The van der Waals surface area contributed by atoms with Gasteiger partial charge in [0.25, 0.3) is 5.89 Å². The molecular formula is C25H19F2N3O3. The Bertz CT molecular complexity index is 1400. The molecule has 0 amide bonds. The van der Waals surface area contributed by atoms with E-state index in [-0.39, 0.29) is 23.7 Å². The van der Waals surface area contributed by atoms with E-state index in [0.29, 0.717) is 17.0 Å². The maximum Gasteiger partial charge on any atom is 0.437 e. The van der Waals surface area contributed by atoms with Gasteiger partial charge in [-0.15, -0.1) is 5.10 Å². The zero-order chi connectivity index (χ0) is 23.1. The van der Waals surface area contributed by atoms with Gasteiger partial charge in [-0.25, -0.2) is 13.6 Å².